The van der Waals surface area contributed by atoms with Gasteiger partial charge < -0.3 is 10.2 Å². The fraction of sp³-hybridized carbons (Fsp3) is 0.455. The van der Waals surface area contributed by atoms with Crippen molar-refractivity contribution in [2.75, 3.05) is 13.2 Å². The summed E-state index contributed by atoms with van der Waals surface area (Å²) < 4.78 is 0. The van der Waals surface area contributed by atoms with Crippen LogP contribution in [0.3, 0.4) is 0 Å². The van der Waals surface area contributed by atoms with Crippen molar-refractivity contribution < 1.29 is 10.2 Å². The van der Waals surface area contributed by atoms with Gasteiger partial charge in [0, 0.05) is 12.0 Å². The monoisotopic (exact) mass is 178 g/mol. The van der Waals surface area contributed by atoms with Crippen molar-refractivity contribution in [2.24, 2.45) is 5.92 Å². The first-order valence-corrected chi connectivity index (χ1v) is 4.61. The Labute approximate surface area is 77.8 Å². The van der Waals surface area contributed by atoms with E-state index in [4.69, 9.17) is 5.11 Å². The van der Waals surface area contributed by atoms with Gasteiger partial charge in [0.1, 0.15) is 0 Å². The van der Waals surface area contributed by atoms with Gasteiger partial charge in [-0.15, -0.1) is 0 Å². The molecule has 0 bridgehead atoms. The molecular weight excluding hydrogens is 164 g/mol. The highest BCUT2D eigenvalue weighted by atomic mass is 16.3. The maximum Gasteiger partial charge on any atom is 0.0531 e. The largest absolute Gasteiger partial charge is 0.396 e. The SMILES string of the molecule is OCC1CC1(CO)c1ccccc1. The molecule has 0 radical (unpaired) electrons. The van der Waals surface area contributed by atoms with Crippen LogP contribution in [0.1, 0.15) is 12.0 Å². The van der Waals surface area contributed by atoms with E-state index in [1.165, 1.54) is 0 Å². The summed E-state index contributed by atoms with van der Waals surface area (Å²) in [4.78, 5) is 0. The van der Waals surface area contributed by atoms with E-state index in [0.29, 0.717) is 0 Å². The summed E-state index contributed by atoms with van der Waals surface area (Å²) >= 11 is 0. The molecule has 13 heavy (non-hydrogen) atoms. The highest BCUT2D eigenvalue weighted by Crippen LogP contribution is 2.53. The standard InChI is InChI=1S/C11H14O2/c12-7-10-6-11(10,8-13)9-4-2-1-3-5-9/h1-5,10,12-13H,6-8H2. The van der Waals surface area contributed by atoms with E-state index in [1.54, 1.807) is 0 Å². The van der Waals surface area contributed by atoms with Gasteiger partial charge in [0.2, 0.25) is 0 Å². The first-order chi connectivity index (χ1) is 6.33. The molecule has 2 unspecified atom stereocenters. The summed E-state index contributed by atoms with van der Waals surface area (Å²) in [7, 11) is 0. The molecule has 0 heterocycles. The molecule has 2 heteroatoms. The van der Waals surface area contributed by atoms with E-state index < -0.39 is 0 Å². The third kappa shape index (κ3) is 1.26. The lowest BCUT2D eigenvalue weighted by atomic mass is 9.94. The number of aliphatic hydroxyl groups excluding tert-OH is 2. The van der Waals surface area contributed by atoms with Crippen LogP contribution in [-0.2, 0) is 5.41 Å². The Morgan fingerprint density at radius 3 is 2.38 bits per heavy atom. The van der Waals surface area contributed by atoms with Crippen LogP contribution in [0.4, 0.5) is 0 Å². The zero-order valence-electron chi connectivity index (χ0n) is 7.48. The van der Waals surface area contributed by atoms with Gasteiger partial charge in [0.05, 0.1) is 6.61 Å². The highest BCUT2D eigenvalue weighted by Gasteiger charge is 2.54. The van der Waals surface area contributed by atoms with Crippen molar-refractivity contribution in [3.63, 3.8) is 0 Å². The van der Waals surface area contributed by atoms with Crippen LogP contribution in [0.25, 0.3) is 0 Å². The van der Waals surface area contributed by atoms with E-state index in [2.05, 4.69) is 0 Å². The van der Waals surface area contributed by atoms with Crippen LogP contribution < -0.4 is 0 Å². The average molecular weight is 178 g/mol. The van der Waals surface area contributed by atoms with Gasteiger partial charge >= 0.3 is 0 Å². The zero-order valence-corrected chi connectivity index (χ0v) is 7.48. The molecule has 0 aromatic heterocycles. The Morgan fingerprint density at radius 2 is 1.92 bits per heavy atom. The van der Waals surface area contributed by atoms with Crippen LogP contribution in [0.5, 0.6) is 0 Å². The van der Waals surface area contributed by atoms with Crippen molar-refractivity contribution >= 4 is 0 Å². The number of aliphatic hydroxyl groups is 2. The second-order valence-electron chi connectivity index (χ2n) is 3.76. The second kappa shape index (κ2) is 3.13. The van der Waals surface area contributed by atoms with Crippen molar-refractivity contribution in [1.82, 2.24) is 0 Å². The van der Waals surface area contributed by atoms with E-state index in [-0.39, 0.29) is 24.5 Å². The number of benzene rings is 1. The molecule has 1 aromatic rings. The van der Waals surface area contributed by atoms with Gasteiger partial charge in [-0.2, -0.15) is 0 Å². The fourth-order valence-electron chi connectivity index (χ4n) is 2.03. The lowest BCUT2D eigenvalue weighted by Crippen LogP contribution is -2.16. The Balaban J connectivity index is 2.25. The summed E-state index contributed by atoms with van der Waals surface area (Å²) in [5.74, 6) is 0.250. The molecule has 0 saturated heterocycles. The molecule has 1 fully saturated rings. The topological polar surface area (TPSA) is 40.5 Å². The van der Waals surface area contributed by atoms with Gasteiger partial charge in [-0.05, 0) is 17.9 Å². The molecule has 1 aliphatic carbocycles. The molecule has 70 valence electrons. The Morgan fingerprint density at radius 1 is 1.23 bits per heavy atom. The summed E-state index contributed by atoms with van der Waals surface area (Å²) in [5.41, 5.74) is 1.01. The van der Waals surface area contributed by atoms with Crippen molar-refractivity contribution in [1.29, 1.82) is 0 Å². The number of hydrogen-bond donors (Lipinski definition) is 2. The molecule has 1 aliphatic rings. The minimum atomic E-state index is -0.143. The molecule has 2 atom stereocenters. The van der Waals surface area contributed by atoms with E-state index in [0.717, 1.165) is 12.0 Å². The third-order valence-corrected chi connectivity index (χ3v) is 3.08. The second-order valence-corrected chi connectivity index (χ2v) is 3.76. The Kier molecular flexibility index (Phi) is 2.10. The predicted octanol–water partition coefficient (Wildman–Crippen LogP) is 0.929. The van der Waals surface area contributed by atoms with Gasteiger partial charge in [0.15, 0.2) is 0 Å². The van der Waals surface area contributed by atoms with Crippen LogP contribution in [0.2, 0.25) is 0 Å². The molecule has 2 N–H and O–H groups in total. The van der Waals surface area contributed by atoms with E-state index >= 15 is 0 Å². The molecule has 1 saturated carbocycles. The molecule has 2 rings (SSSR count). The van der Waals surface area contributed by atoms with E-state index in [1.807, 2.05) is 30.3 Å². The van der Waals surface area contributed by atoms with E-state index in [9.17, 15) is 5.11 Å². The normalized spacial score (nSPS) is 31.7. The maximum atomic E-state index is 9.30. The van der Waals surface area contributed by atoms with Crippen LogP contribution in [-0.4, -0.2) is 23.4 Å². The Hall–Kier alpha value is -0.860. The minimum absolute atomic E-state index is 0.141. The van der Waals surface area contributed by atoms with Crippen molar-refractivity contribution in [3.8, 4) is 0 Å². The summed E-state index contributed by atoms with van der Waals surface area (Å²) in [6.45, 7) is 0.317. The maximum absolute atomic E-state index is 9.30. The quantitative estimate of drug-likeness (QED) is 0.722. The zero-order chi connectivity index (χ0) is 9.31. The van der Waals surface area contributed by atoms with Gasteiger partial charge in [-0.25, -0.2) is 0 Å². The molecule has 0 spiro atoms. The lowest BCUT2D eigenvalue weighted by molar-refractivity contribution is 0.213. The smallest absolute Gasteiger partial charge is 0.0531 e. The van der Waals surface area contributed by atoms with Gasteiger partial charge in [0.25, 0.3) is 0 Å². The molecular formula is C11H14O2. The summed E-state index contributed by atoms with van der Waals surface area (Å²) in [5, 5.41) is 18.3. The van der Waals surface area contributed by atoms with Crippen LogP contribution >= 0.6 is 0 Å². The third-order valence-electron chi connectivity index (χ3n) is 3.08. The van der Waals surface area contributed by atoms with Crippen LogP contribution in [0, 0.1) is 5.92 Å². The molecule has 1 aromatic carbocycles. The first-order valence-electron chi connectivity index (χ1n) is 4.61. The van der Waals surface area contributed by atoms with Gasteiger partial charge in [-0.1, -0.05) is 30.3 Å². The minimum Gasteiger partial charge on any atom is -0.396 e. The highest BCUT2D eigenvalue weighted by molar-refractivity contribution is 5.33. The van der Waals surface area contributed by atoms with Crippen molar-refractivity contribution in [3.05, 3.63) is 35.9 Å². The Bertz CT molecular complexity index is 283. The number of rotatable bonds is 3. The molecule has 0 amide bonds. The molecule has 2 nitrogen and oxygen atoms in total. The summed E-state index contributed by atoms with van der Waals surface area (Å²) in [6.07, 6.45) is 0.907. The summed E-state index contributed by atoms with van der Waals surface area (Å²) in [6, 6.07) is 9.95. The van der Waals surface area contributed by atoms with Gasteiger partial charge in [-0.3, -0.25) is 0 Å². The number of hydrogen-bond acceptors (Lipinski definition) is 2. The lowest BCUT2D eigenvalue weighted by Gasteiger charge is -2.13. The van der Waals surface area contributed by atoms with Crippen LogP contribution in [0.15, 0.2) is 30.3 Å². The fourth-order valence-corrected chi connectivity index (χ4v) is 2.03. The molecule has 0 aliphatic heterocycles. The average Bonchev–Trinajstić information content (AvgIpc) is 2.94. The first kappa shape index (κ1) is 8.73. The predicted molar refractivity (Wildman–Crippen MR) is 50.4 cm³/mol. The van der Waals surface area contributed by atoms with Crippen molar-refractivity contribution in [2.45, 2.75) is 11.8 Å².